The molecular weight excluding hydrogens is 531 g/mol. The molecule has 0 bridgehead atoms. The molecule has 1 aromatic rings. The average Bonchev–Trinajstić information content (AvgIpc) is 3.32. The first-order valence-corrected chi connectivity index (χ1v) is 11.5. The molecule has 0 saturated carbocycles. The molecule has 39 heavy (non-hydrogen) atoms. The largest absolute Gasteiger partial charge is 0.490 e. The molecule has 2 rings (SSSR count). The standard InChI is InChI=1S/C21H29N5O6.C2HF3O2/c1-3-4-9-31-21(30)24-17(20(28)29)12-26(2)18(27)11-15-10-16(25-32-15)13-5-7-14(8-6-13)19(22)23;3-2(4,5)1(6)7/h5-8,15,17H,3-4,9-12H2,1-2H3,(H3,22,23)(H,24,30)(H,28,29);(H,6,7)/t15?,17-;/m0./s1. The van der Waals surface area contributed by atoms with Crippen molar-refractivity contribution in [1.29, 1.82) is 5.41 Å². The molecule has 0 radical (unpaired) electrons. The van der Waals surface area contributed by atoms with Gasteiger partial charge in [0, 0.05) is 19.0 Å². The number of carboxylic acid groups (broad SMARTS) is 2. The topological polar surface area (TPSA) is 205 Å². The van der Waals surface area contributed by atoms with E-state index < -0.39 is 36.4 Å². The number of oxime groups is 1. The lowest BCUT2D eigenvalue weighted by atomic mass is 10.0. The number of ether oxygens (including phenoxy) is 1. The number of benzene rings is 1. The Balaban J connectivity index is 0.000000956. The van der Waals surface area contributed by atoms with Crippen LogP contribution in [0.25, 0.3) is 0 Å². The van der Waals surface area contributed by atoms with Gasteiger partial charge in [-0.2, -0.15) is 13.2 Å². The van der Waals surface area contributed by atoms with E-state index in [1.165, 1.54) is 11.9 Å². The van der Waals surface area contributed by atoms with Crippen molar-refractivity contribution in [1.82, 2.24) is 10.2 Å². The van der Waals surface area contributed by atoms with E-state index in [2.05, 4.69) is 10.5 Å². The lowest BCUT2D eigenvalue weighted by Crippen LogP contribution is -2.49. The van der Waals surface area contributed by atoms with Gasteiger partial charge >= 0.3 is 24.2 Å². The SMILES string of the molecule is CCCCOC(=O)N[C@@H](CN(C)C(=O)CC1CC(c2ccc(C(=N)N)cc2)=NO1)C(=O)O.O=C(O)C(F)(F)F. The van der Waals surface area contributed by atoms with E-state index in [1.807, 2.05) is 6.92 Å². The van der Waals surface area contributed by atoms with Crippen LogP contribution in [0, 0.1) is 5.41 Å². The van der Waals surface area contributed by atoms with Crippen LogP contribution in [0.2, 0.25) is 0 Å². The summed E-state index contributed by atoms with van der Waals surface area (Å²) in [5, 5.41) is 30.2. The maximum atomic E-state index is 12.5. The van der Waals surface area contributed by atoms with E-state index in [-0.39, 0.29) is 31.3 Å². The van der Waals surface area contributed by atoms with Crippen molar-refractivity contribution < 1.29 is 52.1 Å². The highest BCUT2D eigenvalue weighted by molar-refractivity contribution is 6.02. The summed E-state index contributed by atoms with van der Waals surface area (Å²) in [6.07, 6.45) is -4.48. The fourth-order valence-electron chi connectivity index (χ4n) is 2.96. The molecule has 0 fully saturated rings. The fourth-order valence-corrected chi connectivity index (χ4v) is 2.96. The van der Waals surface area contributed by atoms with Crippen LogP contribution in [0.15, 0.2) is 29.4 Å². The molecule has 16 heteroatoms. The molecule has 0 saturated heterocycles. The molecule has 216 valence electrons. The van der Waals surface area contributed by atoms with Gasteiger partial charge in [0.05, 0.1) is 25.3 Å². The monoisotopic (exact) mass is 561 g/mol. The van der Waals surface area contributed by atoms with E-state index in [0.29, 0.717) is 24.1 Å². The summed E-state index contributed by atoms with van der Waals surface area (Å²) in [7, 11) is 1.46. The molecule has 1 aliphatic rings. The zero-order valence-electron chi connectivity index (χ0n) is 21.2. The van der Waals surface area contributed by atoms with Crippen LogP contribution in [0.4, 0.5) is 18.0 Å². The number of nitrogens with zero attached hydrogens (tertiary/aromatic N) is 2. The molecule has 1 aromatic carbocycles. The number of nitrogens with two attached hydrogens (primary N) is 1. The third kappa shape index (κ3) is 11.7. The second-order valence-corrected chi connectivity index (χ2v) is 8.27. The molecule has 0 spiro atoms. The van der Waals surface area contributed by atoms with Crippen molar-refractivity contribution in [2.24, 2.45) is 10.9 Å². The van der Waals surface area contributed by atoms with Crippen LogP contribution in [-0.4, -0.2) is 89.1 Å². The van der Waals surface area contributed by atoms with Crippen molar-refractivity contribution in [3.63, 3.8) is 0 Å². The van der Waals surface area contributed by atoms with E-state index in [9.17, 15) is 32.7 Å². The third-order valence-electron chi connectivity index (χ3n) is 5.11. The molecule has 6 N–H and O–H groups in total. The van der Waals surface area contributed by atoms with Gasteiger partial charge in [0.25, 0.3) is 0 Å². The molecule has 13 nitrogen and oxygen atoms in total. The number of carbonyl (C=O) groups excluding carboxylic acids is 2. The zero-order chi connectivity index (χ0) is 29.8. The quantitative estimate of drug-likeness (QED) is 0.152. The van der Waals surface area contributed by atoms with Crippen LogP contribution in [-0.2, 0) is 24.0 Å². The Bertz CT molecular complexity index is 1060. The zero-order valence-corrected chi connectivity index (χ0v) is 21.2. The molecule has 1 aliphatic heterocycles. The first-order chi connectivity index (χ1) is 18.1. The number of carbonyl (C=O) groups is 4. The van der Waals surface area contributed by atoms with Gasteiger partial charge in [-0.1, -0.05) is 42.8 Å². The van der Waals surface area contributed by atoms with Crippen LogP contribution in [0.3, 0.4) is 0 Å². The molecule has 1 heterocycles. The number of rotatable bonds is 11. The number of aliphatic carboxylic acids is 2. The minimum absolute atomic E-state index is 0.00230. The van der Waals surface area contributed by atoms with Crippen molar-refractivity contribution in [3.05, 3.63) is 35.4 Å². The number of halogens is 3. The van der Waals surface area contributed by atoms with Crippen molar-refractivity contribution in [3.8, 4) is 0 Å². The lowest BCUT2D eigenvalue weighted by Gasteiger charge is -2.23. The number of unbranched alkanes of at least 4 members (excludes halogenated alkanes) is 1. The third-order valence-corrected chi connectivity index (χ3v) is 5.11. The summed E-state index contributed by atoms with van der Waals surface area (Å²) in [4.78, 5) is 51.2. The molecular formula is C23H30F3N5O8. The first kappa shape index (κ1) is 32.7. The summed E-state index contributed by atoms with van der Waals surface area (Å²) < 4.78 is 36.7. The van der Waals surface area contributed by atoms with E-state index in [1.54, 1.807) is 24.3 Å². The number of hydrogen-bond acceptors (Lipinski definition) is 8. The second-order valence-electron chi connectivity index (χ2n) is 8.27. The summed E-state index contributed by atoms with van der Waals surface area (Å²) in [6.45, 7) is 1.92. The van der Waals surface area contributed by atoms with E-state index >= 15 is 0 Å². The van der Waals surface area contributed by atoms with Gasteiger partial charge in [-0.15, -0.1) is 0 Å². The van der Waals surface area contributed by atoms with Crippen molar-refractivity contribution in [2.45, 2.75) is 50.9 Å². The van der Waals surface area contributed by atoms with Gasteiger partial charge in [-0.25, -0.2) is 14.4 Å². The Labute approximate surface area is 221 Å². The molecule has 2 amide bonds. The van der Waals surface area contributed by atoms with Crippen LogP contribution in [0.5, 0.6) is 0 Å². The predicted octanol–water partition coefficient (Wildman–Crippen LogP) is 1.92. The maximum absolute atomic E-state index is 12.5. The second kappa shape index (κ2) is 15.1. The van der Waals surface area contributed by atoms with Gasteiger partial charge < -0.3 is 35.7 Å². The number of likely N-dealkylation sites (N-methyl/N-ethyl adjacent to an activating group) is 1. The highest BCUT2D eigenvalue weighted by Gasteiger charge is 2.38. The summed E-state index contributed by atoms with van der Waals surface area (Å²) in [5.41, 5.74) is 7.51. The van der Waals surface area contributed by atoms with Gasteiger partial charge in [0.1, 0.15) is 18.0 Å². The summed E-state index contributed by atoms with van der Waals surface area (Å²) >= 11 is 0. The number of hydrogen-bond donors (Lipinski definition) is 5. The molecule has 0 aromatic heterocycles. The van der Waals surface area contributed by atoms with Crippen molar-refractivity contribution >= 4 is 35.5 Å². The highest BCUT2D eigenvalue weighted by atomic mass is 19.4. The molecule has 1 unspecified atom stereocenters. The number of alkyl halides is 3. The van der Waals surface area contributed by atoms with Crippen molar-refractivity contribution in [2.75, 3.05) is 20.2 Å². The Hall–Kier alpha value is -4.37. The summed E-state index contributed by atoms with van der Waals surface area (Å²) in [5.74, 6) is -4.40. The Morgan fingerprint density at radius 2 is 1.85 bits per heavy atom. The van der Waals surface area contributed by atoms with E-state index in [0.717, 1.165) is 12.0 Å². The maximum Gasteiger partial charge on any atom is 0.490 e. The highest BCUT2D eigenvalue weighted by Crippen LogP contribution is 2.20. The average molecular weight is 562 g/mol. The Kier molecular flexibility index (Phi) is 12.7. The number of amidine groups is 1. The Morgan fingerprint density at radius 3 is 2.33 bits per heavy atom. The number of amides is 2. The number of nitrogens with one attached hydrogen (secondary N) is 2. The smallest absolute Gasteiger partial charge is 0.480 e. The fraction of sp³-hybridized carbons (Fsp3) is 0.478. The normalized spacial score (nSPS) is 15.0. The van der Waals surface area contributed by atoms with Gasteiger partial charge in [-0.3, -0.25) is 10.2 Å². The van der Waals surface area contributed by atoms with Crippen LogP contribution >= 0.6 is 0 Å². The van der Waals surface area contributed by atoms with E-state index in [4.69, 9.17) is 30.6 Å². The minimum Gasteiger partial charge on any atom is -0.480 e. The summed E-state index contributed by atoms with van der Waals surface area (Å²) in [6, 6.07) is 5.67. The Morgan fingerprint density at radius 1 is 1.26 bits per heavy atom. The van der Waals surface area contributed by atoms with Gasteiger partial charge in [0.15, 0.2) is 0 Å². The number of alkyl carbamates (subject to hydrolysis) is 1. The van der Waals surface area contributed by atoms with Crippen LogP contribution in [0.1, 0.15) is 43.7 Å². The molecule has 0 aliphatic carbocycles. The first-order valence-electron chi connectivity index (χ1n) is 11.5. The predicted molar refractivity (Wildman–Crippen MR) is 130 cm³/mol. The van der Waals surface area contributed by atoms with Gasteiger partial charge in [-0.05, 0) is 12.0 Å². The lowest BCUT2D eigenvalue weighted by molar-refractivity contribution is -0.192. The van der Waals surface area contributed by atoms with Gasteiger partial charge in [0.2, 0.25) is 5.91 Å². The minimum atomic E-state index is -5.08. The number of nitrogen functional groups attached to an aromatic ring is 1. The van der Waals surface area contributed by atoms with Crippen LogP contribution < -0.4 is 11.1 Å². The number of carboxylic acids is 2. The molecule has 2 atom stereocenters.